The molecule has 0 aliphatic rings. The first-order valence-electron chi connectivity index (χ1n) is 8.08. The molecule has 6 heteroatoms. The maximum Gasteiger partial charge on any atom is 0.187 e. The summed E-state index contributed by atoms with van der Waals surface area (Å²) >= 11 is 7.56. The van der Waals surface area contributed by atoms with Crippen molar-refractivity contribution in [2.24, 2.45) is 0 Å². The molecule has 3 rings (SSSR count). The van der Waals surface area contributed by atoms with E-state index in [2.05, 4.69) is 40.1 Å². The van der Waals surface area contributed by atoms with E-state index in [9.17, 15) is 0 Å². The average Bonchev–Trinajstić information content (AvgIpc) is 3.08. The lowest BCUT2D eigenvalue weighted by Gasteiger charge is -2.10. The number of anilines is 2. The van der Waals surface area contributed by atoms with Crippen LogP contribution in [0.4, 0.5) is 10.8 Å². The van der Waals surface area contributed by atoms with Crippen LogP contribution in [0.2, 0.25) is 5.02 Å². The van der Waals surface area contributed by atoms with Gasteiger partial charge in [-0.25, -0.2) is 4.98 Å². The predicted molar refractivity (Wildman–Crippen MR) is 104 cm³/mol. The molecule has 1 atom stereocenters. The first-order chi connectivity index (χ1) is 12.1. The molecule has 0 saturated carbocycles. The van der Waals surface area contributed by atoms with Gasteiger partial charge < -0.3 is 15.4 Å². The van der Waals surface area contributed by atoms with E-state index in [1.54, 1.807) is 18.4 Å². The third kappa shape index (κ3) is 4.95. The third-order valence-electron chi connectivity index (χ3n) is 3.97. The number of quaternary nitrogens is 1. The van der Waals surface area contributed by atoms with Gasteiger partial charge in [0.1, 0.15) is 24.0 Å². The summed E-state index contributed by atoms with van der Waals surface area (Å²) in [4.78, 5) is 4.65. The van der Waals surface area contributed by atoms with Gasteiger partial charge in [-0.3, -0.25) is 0 Å². The Balaban J connectivity index is 1.55. The van der Waals surface area contributed by atoms with Gasteiger partial charge in [-0.05, 0) is 43.3 Å². The fourth-order valence-corrected chi connectivity index (χ4v) is 3.33. The van der Waals surface area contributed by atoms with Crippen LogP contribution in [-0.2, 0) is 6.54 Å². The van der Waals surface area contributed by atoms with Gasteiger partial charge in [-0.2, -0.15) is 0 Å². The zero-order valence-electron chi connectivity index (χ0n) is 14.2. The average molecular weight is 375 g/mol. The van der Waals surface area contributed by atoms with Gasteiger partial charge in [-0.15, -0.1) is 11.3 Å². The lowest BCUT2D eigenvalue weighted by molar-refractivity contribution is -0.708. The Morgan fingerprint density at radius 3 is 2.56 bits per heavy atom. The van der Waals surface area contributed by atoms with E-state index in [1.165, 1.54) is 5.56 Å². The van der Waals surface area contributed by atoms with Crippen molar-refractivity contribution in [2.75, 3.05) is 12.4 Å². The predicted octanol–water partition coefficient (Wildman–Crippen LogP) is 4.37. The van der Waals surface area contributed by atoms with Crippen molar-refractivity contribution in [3.63, 3.8) is 0 Å². The van der Waals surface area contributed by atoms with E-state index in [4.69, 9.17) is 16.3 Å². The quantitative estimate of drug-likeness (QED) is 0.645. The van der Waals surface area contributed by atoms with Crippen LogP contribution < -0.4 is 15.4 Å². The van der Waals surface area contributed by atoms with Crippen LogP contribution in [0.5, 0.6) is 5.75 Å². The molecular weight excluding hydrogens is 354 g/mol. The van der Waals surface area contributed by atoms with E-state index in [0.29, 0.717) is 6.04 Å². The van der Waals surface area contributed by atoms with Crippen molar-refractivity contribution < 1.29 is 10.1 Å². The number of halogens is 1. The number of aromatic nitrogens is 1. The molecule has 1 aromatic heterocycles. The summed E-state index contributed by atoms with van der Waals surface area (Å²) in [6, 6.07) is 16.2. The van der Waals surface area contributed by atoms with Crippen molar-refractivity contribution >= 4 is 33.8 Å². The fourth-order valence-electron chi connectivity index (χ4n) is 2.46. The molecule has 0 bridgehead atoms. The molecule has 0 amide bonds. The first-order valence-corrected chi connectivity index (χ1v) is 9.34. The van der Waals surface area contributed by atoms with E-state index in [1.807, 2.05) is 36.4 Å². The fraction of sp³-hybridized carbons (Fsp3) is 0.211. The molecule has 0 aliphatic carbocycles. The number of nitrogens with zero attached hydrogens (tertiary/aromatic N) is 1. The maximum atomic E-state index is 5.94. The topological polar surface area (TPSA) is 50.8 Å². The highest BCUT2D eigenvalue weighted by atomic mass is 35.5. The number of thiazole rings is 1. The van der Waals surface area contributed by atoms with Crippen LogP contribution in [0.3, 0.4) is 0 Å². The molecule has 130 valence electrons. The van der Waals surface area contributed by atoms with Gasteiger partial charge in [0, 0.05) is 21.7 Å². The molecule has 25 heavy (non-hydrogen) atoms. The monoisotopic (exact) mass is 374 g/mol. The molecule has 2 aromatic carbocycles. The number of hydrogen-bond donors (Lipinski definition) is 2. The van der Waals surface area contributed by atoms with E-state index in [0.717, 1.165) is 33.8 Å². The molecule has 0 radical (unpaired) electrons. The molecule has 3 aromatic rings. The summed E-state index contributed by atoms with van der Waals surface area (Å²) in [7, 11) is 1.66. The molecule has 0 unspecified atom stereocenters. The Labute approximate surface area is 156 Å². The second kappa shape index (κ2) is 8.34. The molecular formula is C19H21ClN3OS+. The number of nitrogens with one attached hydrogen (secondary N) is 1. The zero-order valence-corrected chi connectivity index (χ0v) is 15.8. The van der Waals surface area contributed by atoms with Crippen LogP contribution in [0, 0.1) is 0 Å². The van der Waals surface area contributed by atoms with E-state index < -0.39 is 0 Å². The van der Waals surface area contributed by atoms with Gasteiger partial charge in [-0.1, -0.05) is 23.7 Å². The highest BCUT2D eigenvalue weighted by Gasteiger charge is 2.10. The number of methoxy groups -OCH3 is 1. The Morgan fingerprint density at radius 1 is 1.16 bits per heavy atom. The maximum absolute atomic E-state index is 5.94. The normalized spacial score (nSPS) is 12.0. The van der Waals surface area contributed by atoms with Crippen molar-refractivity contribution in [2.45, 2.75) is 19.5 Å². The molecule has 3 N–H and O–H groups in total. The van der Waals surface area contributed by atoms with Crippen LogP contribution in [-0.4, -0.2) is 12.1 Å². The SMILES string of the molecule is COc1ccc(Nc2nc(C[NH2+][C@@H](C)c3ccc(Cl)cc3)cs2)cc1. The zero-order chi connectivity index (χ0) is 17.6. The Hall–Kier alpha value is -2.08. The third-order valence-corrected chi connectivity index (χ3v) is 5.03. The van der Waals surface area contributed by atoms with Crippen molar-refractivity contribution in [3.8, 4) is 5.75 Å². The molecule has 1 heterocycles. The van der Waals surface area contributed by atoms with Crippen LogP contribution in [0.15, 0.2) is 53.9 Å². The highest BCUT2D eigenvalue weighted by Crippen LogP contribution is 2.22. The summed E-state index contributed by atoms with van der Waals surface area (Å²) < 4.78 is 5.17. The van der Waals surface area contributed by atoms with Gasteiger partial charge >= 0.3 is 0 Å². The molecule has 0 spiro atoms. The van der Waals surface area contributed by atoms with E-state index in [-0.39, 0.29) is 0 Å². The summed E-state index contributed by atoms with van der Waals surface area (Å²) in [6.45, 7) is 3.02. The highest BCUT2D eigenvalue weighted by molar-refractivity contribution is 7.13. The summed E-state index contributed by atoms with van der Waals surface area (Å²) in [5.41, 5.74) is 3.33. The summed E-state index contributed by atoms with van der Waals surface area (Å²) in [5, 5.41) is 9.36. The Bertz CT molecular complexity index is 802. The number of hydrogen-bond acceptors (Lipinski definition) is 4. The minimum Gasteiger partial charge on any atom is -0.497 e. The molecule has 0 aliphatic heterocycles. The van der Waals surface area contributed by atoms with Crippen LogP contribution >= 0.6 is 22.9 Å². The van der Waals surface area contributed by atoms with Crippen molar-refractivity contribution in [1.29, 1.82) is 0 Å². The minimum absolute atomic E-state index is 0.358. The van der Waals surface area contributed by atoms with Gasteiger partial charge in [0.25, 0.3) is 0 Å². The first kappa shape index (κ1) is 17.7. The second-order valence-corrected chi connectivity index (χ2v) is 7.07. The number of nitrogens with two attached hydrogens (primary N) is 1. The standard InChI is InChI=1S/C19H20ClN3OS/c1-13(14-3-5-15(20)6-4-14)21-11-17-12-25-19(23-17)22-16-7-9-18(24-2)10-8-16/h3-10,12-13,21H,11H2,1-2H3,(H,22,23)/p+1/t13-/m0/s1. The van der Waals surface area contributed by atoms with Gasteiger partial charge in [0.05, 0.1) is 7.11 Å². The smallest absolute Gasteiger partial charge is 0.187 e. The van der Waals surface area contributed by atoms with Gasteiger partial charge in [0.15, 0.2) is 5.13 Å². The molecule has 0 fully saturated rings. The van der Waals surface area contributed by atoms with Crippen molar-refractivity contribution in [3.05, 3.63) is 70.2 Å². The lowest BCUT2D eigenvalue weighted by Crippen LogP contribution is -2.83. The number of rotatable bonds is 7. The Morgan fingerprint density at radius 2 is 1.88 bits per heavy atom. The molecule has 4 nitrogen and oxygen atoms in total. The number of ether oxygens (including phenoxy) is 1. The van der Waals surface area contributed by atoms with Gasteiger partial charge in [0.2, 0.25) is 0 Å². The van der Waals surface area contributed by atoms with Crippen LogP contribution in [0.25, 0.3) is 0 Å². The molecule has 0 saturated heterocycles. The lowest BCUT2D eigenvalue weighted by atomic mass is 10.1. The summed E-state index contributed by atoms with van der Waals surface area (Å²) in [5.74, 6) is 0.844. The minimum atomic E-state index is 0.358. The van der Waals surface area contributed by atoms with Crippen LogP contribution in [0.1, 0.15) is 24.2 Å². The second-order valence-electron chi connectivity index (χ2n) is 5.78. The Kier molecular flexibility index (Phi) is 5.91. The number of benzene rings is 2. The van der Waals surface area contributed by atoms with E-state index >= 15 is 0 Å². The van der Waals surface area contributed by atoms with Crippen molar-refractivity contribution in [1.82, 2.24) is 4.98 Å². The largest absolute Gasteiger partial charge is 0.497 e. The summed E-state index contributed by atoms with van der Waals surface area (Å²) in [6.07, 6.45) is 0.